The van der Waals surface area contributed by atoms with Gasteiger partial charge in [0.25, 0.3) is 11.8 Å². The van der Waals surface area contributed by atoms with Gasteiger partial charge >= 0.3 is 5.97 Å². The second kappa shape index (κ2) is 11.2. The zero-order chi connectivity index (χ0) is 25.5. The number of carbonyl (C=O) groups is 3. The molecule has 3 atom stereocenters. The average molecular weight is 485 g/mol. The molecule has 4 N–H and O–H groups in total. The number of amides is 2. The Hall–Kier alpha value is -4.63. The Bertz CT molecular complexity index is 1360. The summed E-state index contributed by atoms with van der Waals surface area (Å²) in [6, 6.07) is 21.5. The van der Waals surface area contributed by atoms with E-state index in [1.54, 1.807) is 78.9 Å². The molecule has 0 spiro atoms. The number of aliphatic hydroxyl groups is 1. The first-order valence-corrected chi connectivity index (χ1v) is 11.2. The molecule has 3 aromatic carbocycles. The van der Waals surface area contributed by atoms with E-state index in [-0.39, 0.29) is 6.42 Å². The number of carbonyl (C=O) groups excluding carboxylic acids is 2. The van der Waals surface area contributed by atoms with Crippen LogP contribution in [-0.2, 0) is 16.0 Å². The Morgan fingerprint density at radius 1 is 0.806 bits per heavy atom. The molecule has 182 valence electrons. The van der Waals surface area contributed by atoms with Gasteiger partial charge in [-0.25, -0.2) is 9.78 Å². The van der Waals surface area contributed by atoms with Gasteiger partial charge in [-0.15, -0.1) is 0 Å². The van der Waals surface area contributed by atoms with Crippen LogP contribution in [0, 0.1) is 0 Å². The largest absolute Gasteiger partial charge is 0.480 e. The van der Waals surface area contributed by atoms with E-state index in [2.05, 4.69) is 20.6 Å². The molecule has 2 amide bonds. The zero-order valence-corrected chi connectivity index (χ0v) is 19.1. The maximum atomic E-state index is 13.0. The van der Waals surface area contributed by atoms with E-state index in [0.29, 0.717) is 27.9 Å². The Labute approximate surface area is 206 Å². The molecule has 1 heterocycles. The fourth-order valence-electron chi connectivity index (χ4n) is 3.73. The summed E-state index contributed by atoms with van der Waals surface area (Å²) in [4.78, 5) is 46.3. The van der Waals surface area contributed by atoms with Crippen LogP contribution in [0.15, 0.2) is 91.1 Å². The van der Waals surface area contributed by atoms with Crippen LogP contribution in [-0.4, -0.2) is 50.1 Å². The minimum atomic E-state index is -1.76. The van der Waals surface area contributed by atoms with Crippen LogP contribution in [0.4, 0.5) is 0 Å². The van der Waals surface area contributed by atoms with Gasteiger partial charge in [-0.2, -0.15) is 0 Å². The van der Waals surface area contributed by atoms with Crippen molar-refractivity contribution in [2.75, 3.05) is 0 Å². The highest BCUT2D eigenvalue weighted by atomic mass is 16.4. The van der Waals surface area contributed by atoms with Crippen molar-refractivity contribution in [2.24, 2.45) is 0 Å². The lowest BCUT2D eigenvalue weighted by atomic mass is 9.99. The molecule has 0 aliphatic rings. The third-order valence-electron chi connectivity index (χ3n) is 5.59. The van der Waals surface area contributed by atoms with Crippen molar-refractivity contribution in [1.29, 1.82) is 0 Å². The summed E-state index contributed by atoms with van der Waals surface area (Å²) >= 11 is 0. The summed E-state index contributed by atoms with van der Waals surface area (Å²) in [5, 5.41) is 25.7. The number of hydrogen-bond donors (Lipinski definition) is 4. The lowest BCUT2D eigenvalue weighted by Gasteiger charge is -2.25. The third kappa shape index (κ3) is 5.89. The minimum absolute atomic E-state index is 0.141. The van der Waals surface area contributed by atoms with Gasteiger partial charge in [0.15, 0.2) is 6.10 Å². The number of rotatable bonds is 9. The van der Waals surface area contributed by atoms with Crippen molar-refractivity contribution in [2.45, 2.75) is 24.6 Å². The van der Waals surface area contributed by atoms with E-state index >= 15 is 0 Å². The molecular formula is C27H24N4O5. The molecule has 0 aliphatic carbocycles. The van der Waals surface area contributed by atoms with Crippen LogP contribution < -0.4 is 10.6 Å². The van der Waals surface area contributed by atoms with E-state index < -0.39 is 36.0 Å². The van der Waals surface area contributed by atoms with E-state index in [1.165, 1.54) is 6.20 Å². The Kier molecular flexibility index (Phi) is 7.62. The summed E-state index contributed by atoms with van der Waals surface area (Å²) in [6.07, 6.45) is -0.448. The highest BCUT2D eigenvalue weighted by Gasteiger charge is 2.32. The molecule has 9 nitrogen and oxygen atoms in total. The summed E-state index contributed by atoms with van der Waals surface area (Å²) in [5.74, 6) is -2.73. The molecule has 0 radical (unpaired) electrons. The zero-order valence-electron chi connectivity index (χ0n) is 19.1. The van der Waals surface area contributed by atoms with Crippen LogP contribution in [0.1, 0.15) is 27.7 Å². The normalized spacial score (nSPS) is 13.4. The summed E-state index contributed by atoms with van der Waals surface area (Å²) < 4.78 is 0. The monoisotopic (exact) mass is 484 g/mol. The third-order valence-corrected chi connectivity index (χ3v) is 5.59. The van der Waals surface area contributed by atoms with Crippen molar-refractivity contribution in [3.63, 3.8) is 0 Å². The first-order valence-electron chi connectivity index (χ1n) is 11.2. The Morgan fingerprint density at radius 3 is 2.08 bits per heavy atom. The summed E-state index contributed by atoms with van der Waals surface area (Å²) in [6.45, 7) is 0. The SMILES string of the molecule is O=C(N[C@@H](c1ccccc1)[C@@H](O)C(=O)N[C@@H](Cc1cnc2ccccc2n1)C(=O)O)c1ccccc1. The second-order valence-electron chi connectivity index (χ2n) is 8.13. The number of carboxylic acids is 1. The topological polar surface area (TPSA) is 142 Å². The Morgan fingerprint density at radius 2 is 1.42 bits per heavy atom. The highest BCUT2D eigenvalue weighted by Crippen LogP contribution is 2.19. The predicted molar refractivity (Wildman–Crippen MR) is 132 cm³/mol. The van der Waals surface area contributed by atoms with Crippen LogP contribution >= 0.6 is 0 Å². The molecule has 36 heavy (non-hydrogen) atoms. The van der Waals surface area contributed by atoms with Crippen LogP contribution in [0.2, 0.25) is 0 Å². The second-order valence-corrected chi connectivity index (χ2v) is 8.13. The van der Waals surface area contributed by atoms with Crippen LogP contribution in [0.3, 0.4) is 0 Å². The van der Waals surface area contributed by atoms with Crippen molar-refractivity contribution in [3.8, 4) is 0 Å². The molecule has 9 heteroatoms. The van der Waals surface area contributed by atoms with Gasteiger partial charge in [-0.05, 0) is 29.8 Å². The fourth-order valence-corrected chi connectivity index (χ4v) is 3.73. The van der Waals surface area contributed by atoms with Crippen molar-refractivity contribution >= 4 is 28.8 Å². The van der Waals surface area contributed by atoms with E-state index in [0.717, 1.165) is 0 Å². The first-order chi connectivity index (χ1) is 17.4. The number of aromatic nitrogens is 2. The maximum absolute atomic E-state index is 13.0. The molecular weight excluding hydrogens is 460 g/mol. The summed E-state index contributed by atoms with van der Waals surface area (Å²) in [7, 11) is 0. The number of nitrogens with zero attached hydrogens (tertiary/aromatic N) is 2. The number of nitrogens with one attached hydrogen (secondary N) is 2. The molecule has 0 bridgehead atoms. The minimum Gasteiger partial charge on any atom is -0.480 e. The fraction of sp³-hybridized carbons (Fsp3) is 0.148. The molecule has 1 aromatic heterocycles. The molecule has 0 saturated carbocycles. The number of fused-ring (bicyclic) bond motifs is 1. The summed E-state index contributed by atoms with van der Waals surface area (Å²) in [5.41, 5.74) is 2.46. The molecule has 0 aliphatic heterocycles. The van der Waals surface area contributed by atoms with Gasteiger partial charge in [-0.1, -0.05) is 60.7 Å². The first kappa shape index (κ1) is 24.5. The van der Waals surface area contributed by atoms with E-state index in [1.807, 2.05) is 6.07 Å². The number of benzene rings is 3. The van der Waals surface area contributed by atoms with Crippen molar-refractivity contribution in [3.05, 3.63) is 108 Å². The molecule has 0 unspecified atom stereocenters. The standard InChI is InChI=1S/C27H24N4O5/c32-24(23(17-9-3-1-4-10-17)31-25(33)18-11-5-2-6-12-18)26(34)30-22(27(35)36)15-19-16-28-20-13-7-8-14-21(20)29-19/h1-14,16,22-24,32H,15H2,(H,30,34)(H,31,33)(H,35,36)/t22-,23-,24+/m0/s1. The van der Waals surface area contributed by atoms with Crippen molar-refractivity contribution < 1.29 is 24.6 Å². The molecule has 4 rings (SSSR count). The van der Waals surface area contributed by atoms with Gasteiger partial charge in [-0.3, -0.25) is 14.6 Å². The number of para-hydroxylation sites is 2. The molecule has 4 aromatic rings. The van der Waals surface area contributed by atoms with Gasteiger partial charge in [0, 0.05) is 18.2 Å². The predicted octanol–water partition coefficient (Wildman–Crippen LogP) is 2.27. The van der Waals surface area contributed by atoms with E-state index in [4.69, 9.17) is 0 Å². The van der Waals surface area contributed by atoms with Crippen LogP contribution in [0.5, 0.6) is 0 Å². The number of aliphatic carboxylic acids is 1. The number of carboxylic acid groups (broad SMARTS) is 1. The average Bonchev–Trinajstić information content (AvgIpc) is 2.91. The van der Waals surface area contributed by atoms with Gasteiger partial charge in [0.1, 0.15) is 6.04 Å². The van der Waals surface area contributed by atoms with Crippen molar-refractivity contribution in [1.82, 2.24) is 20.6 Å². The lowest BCUT2D eigenvalue weighted by Crippen LogP contribution is -2.51. The Balaban J connectivity index is 1.52. The van der Waals surface area contributed by atoms with Crippen LogP contribution in [0.25, 0.3) is 11.0 Å². The molecule has 0 saturated heterocycles. The number of aliphatic hydroxyl groups excluding tert-OH is 1. The maximum Gasteiger partial charge on any atom is 0.326 e. The molecule has 0 fully saturated rings. The quantitative estimate of drug-likeness (QED) is 0.286. The lowest BCUT2D eigenvalue weighted by molar-refractivity contribution is -0.143. The van der Waals surface area contributed by atoms with Gasteiger partial charge in [0.2, 0.25) is 0 Å². The number of hydrogen-bond acceptors (Lipinski definition) is 6. The smallest absolute Gasteiger partial charge is 0.326 e. The highest BCUT2D eigenvalue weighted by molar-refractivity contribution is 5.95. The van der Waals surface area contributed by atoms with E-state index in [9.17, 15) is 24.6 Å². The van der Waals surface area contributed by atoms with Gasteiger partial charge in [0.05, 0.1) is 22.8 Å². The van der Waals surface area contributed by atoms with Gasteiger partial charge < -0.3 is 20.8 Å².